The Bertz CT molecular complexity index is 436. The molecule has 2 nitrogen and oxygen atoms in total. The predicted octanol–water partition coefficient (Wildman–Crippen LogP) is 3.76. The summed E-state index contributed by atoms with van der Waals surface area (Å²) in [6.07, 6.45) is 2.96. The van der Waals surface area contributed by atoms with Crippen molar-refractivity contribution in [2.24, 2.45) is 5.92 Å². The fourth-order valence-corrected chi connectivity index (χ4v) is 2.92. The molecule has 106 valence electrons. The van der Waals surface area contributed by atoms with Crippen LogP contribution in [0.1, 0.15) is 49.8 Å². The number of aliphatic hydroxyl groups excluding tert-OH is 1. The van der Waals surface area contributed by atoms with Gasteiger partial charge in [0.2, 0.25) is 0 Å². The summed E-state index contributed by atoms with van der Waals surface area (Å²) in [7, 11) is 1.64. The molecule has 1 saturated carbocycles. The fourth-order valence-electron chi connectivity index (χ4n) is 2.92. The summed E-state index contributed by atoms with van der Waals surface area (Å²) in [6.45, 7) is 3.94. The van der Waals surface area contributed by atoms with Crippen LogP contribution in [0.3, 0.4) is 0 Å². The van der Waals surface area contributed by atoms with E-state index in [1.54, 1.807) is 26.2 Å². The minimum Gasteiger partial charge on any atom is -0.385 e. The van der Waals surface area contributed by atoms with Crippen molar-refractivity contribution >= 4 is 0 Å². The number of aliphatic hydroxyl groups is 1. The average Bonchev–Trinajstić information content (AvgIpc) is 2.42. The number of benzene rings is 1. The van der Waals surface area contributed by atoms with E-state index >= 15 is 0 Å². The van der Waals surface area contributed by atoms with Crippen LogP contribution < -0.4 is 0 Å². The molecule has 0 aliphatic heterocycles. The van der Waals surface area contributed by atoms with E-state index in [4.69, 9.17) is 4.74 Å². The third-order valence-corrected chi connectivity index (χ3v) is 4.54. The highest BCUT2D eigenvalue weighted by molar-refractivity contribution is 5.27. The van der Waals surface area contributed by atoms with Crippen molar-refractivity contribution in [3.05, 3.63) is 35.1 Å². The maximum atomic E-state index is 13.6. The summed E-state index contributed by atoms with van der Waals surface area (Å²) in [6, 6.07) is 4.93. The van der Waals surface area contributed by atoms with Gasteiger partial charge in [-0.3, -0.25) is 0 Å². The van der Waals surface area contributed by atoms with E-state index < -0.39 is 11.7 Å². The molecule has 1 aliphatic carbocycles. The Morgan fingerprint density at radius 2 is 2.00 bits per heavy atom. The van der Waals surface area contributed by atoms with Crippen molar-refractivity contribution in [2.75, 3.05) is 7.11 Å². The minimum atomic E-state index is -0.764. The number of methoxy groups -OCH3 is 1. The van der Waals surface area contributed by atoms with Gasteiger partial charge in [0.05, 0.1) is 5.60 Å². The van der Waals surface area contributed by atoms with Crippen LogP contribution in [0, 0.1) is 18.7 Å². The Morgan fingerprint density at radius 1 is 1.37 bits per heavy atom. The molecule has 1 fully saturated rings. The van der Waals surface area contributed by atoms with E-state index in [9.17, 15) is 9.50 Å². The van der Waals surface area contributed by atoms with E-state index in [0.717, 1.165) is 25.7 Å². The largest absolute Gasteiger partial charge is 0.385 e. The number of rotatable bonds is 3. The molecule has 0 spiro atoms. The maximum absolute atomic E-state index is 13.6. The molecule has 0 bridgehead atoms. The summed E-state index contributed by atoms with van der Waals surface area (Å²) in [5.74, 6) is 0.400. The van der Waals surface area contributed by atoms with Gasteiger partial charge in [-0.15, -0.1) is 0 Å². The molecule has 1 unspecified atom stereocenters. The van der Waals surface area contributed by atoms with Gasteiger partial charge in [0.25, 0.3) is 0 Å². The van der Waals surface area contributed by atoms with Crippen molar-refractivity contribution in [1.29, 1.82) is 0 Å². The van der Waals surface area contributed by atoms with Gasteiger partial charge in [-0.1, -0.05) is 19.1 Å². The molecular weight excluding hydrogens is 243 g/mol. The summed E-state index contributed by atoms with van der Waals surface area (Å²) in [4.78, 5) is 0. The van der Waals surface area contributed by atoms with Gasteiger partial charge in [0, 0.05) is 7.11 Å². The normalized spacial score (nSPS) is 29.2. The number of hydrogen-bond acceptors (Lipinski definition) is 2. The first-order chi connectivity index (χ1) is 8.98. The standard InChI is InChI=1S/C16H23FO2/c1-11-6-8-16(19-3,9-7-11)15(18)13-5-4-12(2)14(17)10-13/h4-5,10-11,15,18H,6-9H2,1-3H3. The minimum absolute atomic E-state index is 0.271. The molecule has 1 aliphatic rings. The molecule has 2 rings (SSSR count). The molecule has 0 heterocycles. The molecule has 1 N–H and O–H groups in total. The topological polar surface area (TPSA) is 29.5 Å². The molecule has 0 amide bonds. The Labute approximate surface area is 114 Å². The molecule has 0 saturated heterocycles. The first-order valence-electron chi connectivity index (χ1n) is 6.98. The molecule has 1 atom stereocenters. The van der Waals surface area contributed by atoms with Gasteiger partial charge < -0.3 is 9.84 Å². The van der Waals surface area contributed by atoms with Gasteiger partial charge in [-0.25, -0.2) is 4.39 Å². The van der Waals surface area contributed by atoms with Crippen LogP contribution in [0.15, 0.2) is 18.2 Å². The lowest BCUT2D eigenvalue weighted by Crippen LogP contribution is -2.42. The van der Waals surface area contributed by atoms with Crippen molar-refractivity contribution < 1.29 is 14.2 Å². The monoisotopic (exact) mass is 266 g/mol. The summed E-state index contributed by atoms with van der Waals surface area (Å²) < 4.78 is 19.3. The second-order valence-corrected chi connectivity index (χ2v) is 5.86. The third kappa shape index (κ3) is 2.82. The lowest BCUT2D eigenvalue weighted by atomic mass is 9.74. The van der Waals surface area contributed by atoms with Crippen LogP contribution in [0.4, 0.5) is 4.39 Å². The summed E-state index contributed by atoms with van der Waals surface area (Å²) in [5.41, 5.74) is 0.646. The average molecular weight is 266 g/mol. The zero-order valence-electron chi connectivity index (χ0n) is 11.9. The second-order valence-electron chi connectivity index (χ2n) is 5.86. The van der Waals surface area contributed by atoms with Crippen molar-refractivity contribution in [3.8, 4) is 0 Å². The quantitative estimate of drug-likeness (QED) is 0.902. The van der Waals surface area contributed by atoms with E-state index in [0.29, 0.717) is 17.0 Å². The van der Waals surface area contributed by atoms with Gasteiger partial charge in [-0.2, -0.15) is 0 Å². The van der Waals surface area contributed by atoms with Gasteiger partial charge in [-0.05, 0) is 55.7 Å². The summed E-state index contributed by atoms with van der Waals surface area (Å²) >= 11 is 0. The van der Waals surface area contributed by atoms with E-state index in [1.807, 2.05) is 0 Å². The number of ether oxygens (including phenoxy) is 1. The molecule has 0 radical (unpaired) electrons. The van der Waals surface area contributed by atoms with Crippen LogP contribution in [0.25, 0.3) is 0 Å². The molecule has 19 heavy (non-hydrogen) atoms. The van der Waals surface area contributed by atoms with Crippen molar-refractivity contribution in [2.45, 2.75) is 51.2 Å². The SMILES string of the molecule is COC1(C(O)c2ccc(C)c(F)c2)CCC(C)CC1. The van der Waals surface area contributed by atoms with E-state index in [2.05, 4.69) is 6.92 Å². The first-order valence-corrected chi connectivity index (χ1v) is 6.98. The zero-order valence-corrected chi connectivity index (χ0v) is 11.9. The van der Waals surface area contributed by atoms with E-state index in [1.165, 1.54) is 6.07 Å². The lowest BCUT2D eigenvalue weighted by Gasteiger charge is -2.41. The van der Waals surface area contributed by atoms with Gasteiger partial charge >= 0.3 is 0 Å². The second kappa shape index (κ2) is 5.59. The maximum Gasteiger partial charge on any atom is 0.126 e. The Kier molecular flexibility index (Phi) is 4.26. The van der Waals surface area contributed by atoms with Crippen LogP contribution in [0.5, 0.6) is 0 Å². The smallest absolute Gasteiger partial charge is 0.126 e. The number of hydrogen-bond donors (Lipinski definition) is 1. The Hall–Kier alpha value is -0.930. The Morgan fingerprint density at radius 3 is 2.53 bits per heavy atom. The van der Waals surface area contributed by atoms with Crippen LogP contribution in [-0.4, -0.2) is 17.8 Å². The highest BCUT2D eigenvalue weighted by Gasteiger charge is 2.41. The number of aryl methyl sites for hydroxylation is 1. The zero-order chi connectivity index (χ0) is 14.0. The van der Waals surface area contributed by atoms with Crippen molar-refractivity contribution in [3.63, 3.8) is 0 Å². The van der Waals surface area contributed by atoms with Crippen molar-refractivity contribution in [1.82, 2.24) is 0 Å². The van der Waals surface area contributed by atoms with Gasteiger partial charge in [0.1, 0.15) is 11.9 Å². The van der Waals surface area contributed by atoms with Crippen LogP contribution in [-0.2, 0) is 4.74 Å². The molecule has 3 heteroatoms. The van der Waals surface area contributed by atoms with E-state index in [-0.39, 0.29) is 5.82 Å². The molecule has 1 aromatic carbocycles. The highest BCUT2D eigenvalue weighted by Crippen LogP contribution is 2.42. The van der Waals surface area contributed by atoms with Crippen LogP contribution >= 0.6 is 0 Å². The number of halogens is 1. The summed E-state index contributed by atoms with van der Waals surface area (Å²) in [5, 5.41) is 10.6. The Balaban J connectivity index is 2.25. The lowest BCUT2D eigenvalue weighted by molar-refractivity contribution is -0.130. The van der Waals surface area contributed by atoms with Crippen LogP contribution in [0.2, 0.25) is 0 Å². The fraction of sp³-hybridized carbons (Fsp3) is 0.625. The molecular formula is C16H23FO2. The molecule has 1 aromatic rings. The van der Waals surface area contributed by atoms with Gasteiger partial charge in [0.15, 0.2) is 0 Å². The predicted molar refractivity (Wildman–Crippen MR) is 73.5 cm³/mol. The third-order valence-electron chi connectivity index (χ3n) is 4.54. The molecule has 0 aromatic heterocycles. The first kappa shape index (κ1) is 14.5. The highest BCUT2D eigenvalue weighted by atomic mass is 19.1.